The quantitative estimate of drug-likeness (QED) is 0.758. The van der Waals surface area contributed by atoms with Gasteiger partial charge in [-0.1, -0.05) is 28.1 Å². The summed E-state index contributed by atoms with van der Waals surface area (Å²) >= 11 is 3.38. The summed E-state index contributed by atoms with van der Waals surface area (Å²) < 4.78 is 11.9. The van der Waals surface area contributed by atoms with Crippen LogP contribution >= 0.6 is 15.9 Å². The highest BCUT2D eigenvalue weighted by molar-refractivity contribution is 9.10. The first-order valence-corrected chi connectivity index (χ1v) is 9.46. The van der Waals surface area contributed by atoms with Crippen LogP contribution in [0.5, 0.6) is 11.5 Å². The van der Waals surface area contributed by atoms with E-state index in [0.29, 0.717) is 30.4 Å². The summed E-state index contributed by atoms with van der Waals surface area (Å²) in [5, 5.41) is 5.49. The molecule has 27 heavy (non-hydrogen) atoms. The standard InChI is InChI=1S/C20H21BrN2O4/c1-12-3-5-15(21)10-16(12)23-19(24)11-22-20(25)13(2)14-4-6-17-18(9-14)27-8-7-26-17/h3-6,9-10,13H,7-8,11H2,1-2H3,(H,22,25)(H,23,24). The van der Waals surface area contributed by atoms with Gasteiger partial charge in [0.15, 0.2) is 11.5 Å². The molecule has 142 valence electrons. The molecule has 6 nitrogen and oxygen atoms in total. The molecular formula is C20H21BrN2O4. The average molecular weight is 433 g/mol. The summed E-state index contributed by atoms with van der Waals surface area (Å²) in [6, 6.07) is 11.1. The van der Waals surface area contributed by atoms with Crippen LogP contribution in [0.4, 0.5) is 5.69 Å². The molecule has 7 heteroatoms. The summed E-state index contributed by atoms with van der Waals surface area (Å²) in [7, 11) is 0. The minimum atomic E-state index is -0.416. The molecular weight excluding hydrogens is 412 g/mol. The summed E-state index contributed by atoms with van der Waals surface area (Å²) in [5.41, 5.74) is 2.46. The molecule has 3 rings (SSSR count). The molecule has 0 spiro atoms. The Morgan fingerprint density at radius 1 is 1.11 bits per heavy atom. The van der Waals surface area contributed by atoms with Crippen LogP contribution in [0.2, 0.25) is 0 Å². The Balaban J connectivity index is 1.57. The van der Waals surface area contributed by atoms with Gasteiger partial charge < -0.3 is 20.1 Å². The van der Waals surface area contributed by atoms with Gasteiger partial charge in [-0.2, -0.15) is 0 Å². The lowest BCUT2D eigenvalue weighted by molar-refractivity contribution is -0.125. The van der Waals surface area contributed by atoms with Crippen molar-refractivity contribution in [3.63, 3.8) is 0 Å². The van der Waals surface area contributed by atoms with Crippen molar-refractivity contribution in [2.24, 2.45) is 0 Å². The van der Waals surface area contributed by atoms with Gasteiger partial charge in [-0.25, -0.2) is 0 Å². The third-order valence-corrected chi connectivity index (χ3v) is 4.85. The predicted molar refractivity (Wildman–Crippen MR) is 106 cm³/mol. The van der Waals surface area contributed by atoms with Gasteiger partial charge in [0.2, 0.25) is 11.8 Å². The number of nitrogens with one attached hydrogen (secondary N) is 2. The molecule has 0 aliphatic carbocycles. The van der Waals surface area contributed by atoms with E-state index in [-0.39, 0.29) is 18.4 Å². The number of hydrogen-bond donors (Lipinski definition) is 2. The Bertz CT molecular complexity index is 869. The molecule has 2 aromatic rings. The van der Waals surface area contributed by atoms with Crippen molar-refractivity contribution in [3.8, 4) is 11.5 Å². The van der Waals surface area contributed by atoms with Gasteiger partial charge in [-0.15, -0.1) is 0 Å². The average Bonchev–Trinajstić information content (AvgIpc) is 2.68. The molecule has 1 unspecified atom stereocenters. The normalized spacial score (nSPS) is 13.6. The molecule has 0 fully saturated rings. The monoisotopic (exact) mass is 432 g/mol. The van der Waals surface area contributed by atoms with Crippen LogP contribution in [0.15, 0.2) is 40.9 Å². The van der Waals surface area contributed by atoms with Gasteiger partial charge in [0, 0.05) is 10.2 Å². The van der Waals surface area contributed by atoms with Crippen LogP contribution in [-0.2, 0) is 9.59 Å². The second kappa shape index (κ2) is 8.43. The summed E-state index contributed by atoms with van der Waals surface area (Å²) in [6.45, 7) is 4.61. The van der Waals surface area contributed by atoms with Gasteiger partial charge >= 0.3 is 0 Å². The first-order valence-electron chi connectivity index (χ1n) is 8.67. The lowest BCUT2D eigenvalue weighted by Crippen LogP contribution is -2.35. The third-order valence-electron chi connectivity index (χ3n) is 4.36. The van der Waals surface area contributed by atoms with E-state index in [4.69, 9.17) is 9.47 Å². The van der Waals surface area contributed by atoms with Gasteiger partial charge in [0.05, 0.1) is 12.5 Å². The minimum Gasteiger partial charge on any atom is -0.486 e. The number of anilines is 1. The molecule has 0 saturated carbocycles. The van der Waals surface area contributed by atoms with Crippen molar-refractivity contribution in [2.45, 2.75) is 19.8 Å². The van der Waals surface area contributed by atoms with Crippen molar-refractivity contribution >= 4 is 33.4 Å². The molecule has 0 radical (unpaired) electrons. The van der Waals surface area contributed by atoms with Gasteiger partial charge in [-0.3, -0.25) is 9.59 Å². The van der Waals surface area contributed by atoms with Crippen LogP contribution in [0.25, 0.3) is 0 Å². The Labute approximate surface area is 166 Å². The largest absolute Gasteiger partial charge is 0.486 e. The first-order chi connectivity index (χ1) is 12.9. The molecule has 1 aliphatic heterocycles. The maximum absolute atomic E-state index is 12.4. The van der Waals surface area contributed by atoms with Gasteiger partial charge in [-0.05, 0) is 49.2 Å². The van der Waals surface area contributed by atoms with Crippen LogP contribution in [0.3, 0.4) is 0 Å². The van der Waals surface area contributed by atoms with Crippen LogP contribution in [0, 0.1) is 6.92 Å². The van der Waals surface area contributed by atoms with Crippen LogP contribution in [0.1, 0.15) is 24.0 Å². The molecule has 1 atom stereocenters. The molecule has 0 aromatic heterocycles. The lowest BCUT2D eigenvalue weighted by atomic mass is 9.99. The highest BCUT2D eigenvalue weighted by Crippen LogP contribution is 2.33. The fourth-order valence-corrected chi connectivity index (χ4v) is 3.09. The number of carbonyl (C=O) groups is 2. The fourth-order valence-electron chi connectivity index (χ4n) is 2.72. The van der Waals surface area contributed by atoms with Crippen molar-refractivity contribution in [1.29, 1.82) is 0 Å². The summed E-state index contributed by atoms with van der Waals surface area (Å²) in [4.78, 5) is 24.6. The third kappa shape index (κ3) is 4.80. The SMILES string of the molecule is Cc1ccc(Br)cc1NC(=O)CNC(=O)C(C)c1ccc2c(c1)OCCO2. The van der Waals surface area contributed by atoms with Crippen LogP contribution < -0.4 is 20.1 Å². The Kier molecular flexibility index (Phi) is 6.01. The molecule has 2 amide bonds. The van der Waals surface area contributed by atoms with E-state index < -0.39 is 5.92 Å². The lowest BCUT2D eigenvalue weighted by Gasteiger charge is -2.20. The van der Waals surface area contributed by atoms with Gasteiger partial charge in [0.1, 0.15) is 13.2 Å². The van der Waals surface area contributed by atoms with Crippen molar-refractivity contribution < 1.29 is 19.1 Å². The fraction of sp³-hybridized carbons (Fsp3) is 0.300. The number of ether oxygens (including phenoxy) is 2. The number of halogens is 1. The topological polar surface area (TPSA) is 76.7 Å². The number of amides is 2. The second-order valence-electron chi connectivity index (χ2n) is 6.35. The highest BCUT2D eigenvalue weighted by atomic mass is 79.9. The molecule has 1 aliphatic rings. The minimum absolute atomic E-state index is 0.0975. The van der Waals surface area contributed by atoms with Crippen LogP contribution in [-0.4, -0.2) is 31.6 Å². The Morgan fingerprint density at radius 2 is 1.85 bits per heavy atom. The van der Waals surface area contributed by atoms with E-state index in [9.17, 15) is 9.59 Å². The number of rotatable bonds is 5. The number of hydrogen-bond acceptors (Lipinski definition) is 4. The van der Waals surface area contributed by atoms with Crippen molar-refractivity contribution in [3.05, 3.63) is 52.0 Å². The van der Waals surface area contributed by atoms with E-state index in [1.807, 2.05) is 37.3 Å². The zero-order chi connectivity index (χ0) is 19.4. The number of fused-ring (bicyclic) bond motifs is 1. The predicted octanol–water partition coefficient (Wildman–Crippen LogP) is 3.39. The Hall–Kier alpha value is -2.54. The molecule has 0 saturated heterocycles. The second-order valence-corrected chi connectivity index (χ2v) is 7.27. The van der Waals surface area contributed by atoms with E-state index in [1.54, 1.807) is 13.0 Å². The zero-order valence-corrected chi connectivity index (χ0v) is 16.8. The molecule has 1 heterocycles. The molecule has 0 bridgehead atoms. The summed E-state index contributed by atoms with van der Waals surface area (Å²) in [6.07, 6.45) is 0. The number of carbonyl (C=O) groups excluding carboxylic acids is 2. The van der Waals surface area contributed by atoms with E-state index in [1.165, 1.54) is 0 Å². The zero-order valence-electron chi connectivity index (χ0n) is 15.2. The van der Waals surface area contributed by atoms with E-state index >= 15 is 0 Å². The number of benzene rings is 2. The van der Waals surface area contributed by atoms with E-state index in [0.717, 1.165) is 15.6 Å². The molecule has 2 aromatic carbocycles. The number of aryl methyl sites for hydroxylation is 1. The first kappa shape index (κ1) is 19.2. The molecule has 2 N–H and O–H groups in total. The van der Waals surface area contributed by atoms with Crippen molar-refractivity contribution in [2.75, 3.05) is 25.1 Å². The van der Waals surface area contributed by atoms with Gasteiger partial charge in [0.25, 0.3) is 0 Å². The highest BCUT2D eigenvalue weighted by Gasteiger charge is 2.19. The summed E-state index contributed by atoms with van der Waals surface area (Å²) in [5.74, 6) is 0.399. The Morgan fingerprint density at radius 3 is 2.63 bits per heavy atom. The smallest absolute Gasteiger partial charge is 0.243 e. The maximum atomic E-state index is 12.4. The van der Waals surface area contributed by atoms with Crippen molar-refractivity contribution in [1.82, 2.24) is 5.32 Å². The maximum Gasteiger partial charge on any atom is 0.243 e. The van der Waals surface area contributed by atoms with E-state index in [2.05, 4.69) is 26.6 Å².